The Morgan fingerprint density at radius 2 is 2.20 bits per heavy atom. The molecule has 4 nitrogen and oxygen atoms in total. The minimum Gasteiger partial charge on any atom is -0.387 e. The fourth-order valence-electron chi connectivity index (χ4n) is 2.34. The van der Waals surface area contributed by atoms with Gasteiger partial charge in [-0.05, 0) is 12.1 Å². The van der Waals surface area contributed by atoms with E-state index in [2.05, 4.69) is 26.2 Å². The second-order valence-electron chi connectivity index (χ2n) is 6.27. The number of ether oxygens (including phenoxy) is 1. The minimum absolute atomic E-state index is 0.119. The normalized spacial score (nSPS) is 25.4. The third-order valence-corrected chi connectivity index (χ3v) is 5.10. The van der Waals surface area contributed by atoms with E-state index in [9.17, 15) is 9.90 Å². The van der Waals surface area contributed by atoms with Gasteiger partial charge in [-0.1, -0.05) is 37.3 Å². The van der Waals surface area contributed by atoms with Gasteiger partial charge >= 0.3 is 0 Å². The SMILES string of the molecule is C=CCN1C(=O)[C@H](OC)[C@@H]1[C@H](O)/C=C(\Cl)C[Si](C)(C)C. The molecule has 0 radical (unpaired) electrons. The lowest BCUT2D eigenvalue weighted by Gasteiger charge is -2.47. The Labute approximate surface area is 127 Å². The Morgan fingerprint density at radius 3 is 2.65 bits per heavy atom. The molecule has 1 aliphatic heterocycles. The molecule has 0 bridgehead atoms. The van der Waals surface area contributed by atoms with Crippen LogP contribution in [0.2, 0.25) is 25.7 Å². The van der Waals surface area contributed by atoms with Crippen molar-refractivity contribution in [2.75, 3.05) is 13.7 Å². The average molecular weight is 318 g/mol. The predicted octanol–water partition coefficient (Wildman–Crippen LogP) is 2.22. The molecule has 3 atom stereocenters. The molecule has 0 aromatic rings. The summed E-state index contributed by atoms with van der Waals surface area (Å²) in [6, 6.07) is 0.423. The van der Waals surface area contributed by atoms with E-state index in [1.807, 2.05) is 0 Å². The molecule has 1 saturated heterocycles. The predicted molar refractivity (Wildman–Crippen MR) is 84.6 cm³/mol. The summed E-state index contributed by atoms with van der Waals surface area (Å²) >= 11 is 6.21. The second-order valence-corrected chi connectivity index (χ2v) is 12.2. The van der Waals surface area contributed by atoms with E-state index < -0.39 is 20.3 Å². The average Bonchev–Trinajstić information content (AvgIpc) is 2.29. The van der Waals surface area contributed by atoms with Crippen molar-refractivity contribution in [2.45, 2.75) is 43.9 Å². The number of hydrogen-bond donors (Lipinski definition) is 1. The zero-order valence-electron chi connectivity index (χ0n) is 12.6. The molecule has 0 aromatic heterocycles. The van der Waals surface area contributed by atoms with Crippen LogP contribution in [0.5, 0.6) is 0 Å². The summed E-state index contributed by atoms with van der Waals surface area (Å²) in [5.74, 6) is -0.119. The molecule has 1 N–H and O–H groups in total. The Hall–Kier alpha value is -0.623. The van der Waals surface area contributed by atoms with Crippen molar-refractivity contribution in [3.63, 3.8) is 0 Å². The Bertz CT molecular complexity index is 406. The van der Waals surface area contributed by atoms with Gasteiger partial charge in [-0.3, -0.25) is 4.79 Å². The first kappa shape index (κ1) is 17.4. The number of aliphatic hydroxyl groups is 1. The van der Waals surface area contributed by atoms with Gasteiger partial charge in [0.25, 0.3) is 5.91 Å². The third kappa shape index (κ3) is 4.18. The molecule has 0 aromatic carbocycles. The van der Waals surface area contributed by atoms with Crippen LogP contribution in [-0.4, -0.2) is 55.9 Å². The topological polar surface area (TPSA) is 49.8 Å². The summed E-state index contributed by atoms with van der Waals surface area (Å²) in [7, 11) is 0.149. The van der Waals surface area contributed by atoms with Crippen molar-refractivity contribution in [1.82, 2.24) is 4.90 Å². The lowest BCUT2D eigenvalue weighted by atomic mass is 9.92. The maximum absolute atomic E-state index is 11.8. The summed E-state index contributed by atoms with van der Waals surface area (Å²) in [5, 5.41) is 11.0. The fraction of sp³-hybridized carbons (Fsp3) is 0.643. The number of methoxy groups -OCH3 is 1. The van der Waals surface area contributed by atoms with Gasteiger partial charge in [0.1, 0.15) is 0 Å². The molecule has 1 heterocycles. The van der Waals surface area contributed by atoms with E-state index in [1.165, 1.54) is 7.11 Å². The van der Waals surface area contributed by atoms with Crippen LogP contribution in [0.25, 0.3) is 0 Å². The summed E-state index contributed by atoms with van der Waals surface area (Å²) in [6.07, 6.45) is 1.86. The number of allylic oxidation sites excluding steroid dienone is 1. The quantitative estimate of drug-likeness (QED) is 0.445. The van der Waals surface area contributed by atoms with E-state index in [4.69, 9.17) is 16.3 Å². The van der Waals surface area contributed by atoms with Gasteiger partial charge in [0.05, 0.1) is 12.1 Å². The number of carbonyl (C=O) groups excluding carboxylic acids is 1. The minimum atomic E-state index is -1.32. The lowest BCUT2D eigenvalue weighted by Crippen LogP contribution is -2.69. The monoisotopic (exact) mass is 317 g/mol. The van der Waals surface area contributed by atoms with Crippen molar-refractivity contribution in [2.24, 2.45) is 0 Å². The molecular formula is C14H24ClNO3Si. The lowest BCUT2D eigenvalue weighted by molar-refractivity contribution is -0.176. The van der Waals surface area contributed by atoms with Crippen LogP contribution in [0.3, 0.4) is 0 Å². The zero-order chi connectivity index (χ0) is 15.5. The Morgan fingerprint density at radius 1 is 1.60 bits per heavy atom. The smallest absolute Gasteiger partial charge is 0.254 e. The van der Waals surface area contributed by atoms with E-state index in [-0.39, 0.29) is 11.9 Å². The Kier molecular flexibility index (Phi) is 6.01. The molecule has 1 fully saturated rings. The number of amides is 1. The standard InChI is InChI=1S/C14H24ClNO3Si/c1-6-7-16-12(13(19-2)14(16)18)11(17)8-10(15)9-20(3,4)5/h6,8,11-13,17H,1,7,9H2,2-5H3/b10-8-/t11-,12+,13-/m1/s1. The summed E-state index contributed by atoms with van der Waals surface area (Å²) < 4.78 is 5.14. The van der Waals surface area contributed by atoms with Crippen LogP contribution in [0.4, 0.5) is 0 Å². The molecular weight excluding hydrogens is 294 g/mol. The van der Waals surface area contributed by atoms with Gasteiger partial charge in [0.15, 0.2) is 6.10 Å². The van der Waals surface area contributed by atoms with E-state index in [0.29, 0.717) is 11.6 Å². The first-order valence-corrected chi connectivity index (χ1v) is 10.8. The van der Waals surface area contributed by atoms with Crippen molar-refractivity contribution < 1.29 is 14.6 Å². The first-order chi connectivity index (χ1) is 9.21. The van der Waals surface area contributed by atoms with Crippen molar-refractivity contribution in [1.29, 1.82) is 0 Å². The molecule has 0 aliphatic carbocycles. The number of nitrogens with zero attached hydrogens (tertiary/aromatic N) is 1. The summed E-state index contributed by atoms with van der Waals surface area (Å²) in [4.78, 5) is 13.4. The summed E-state index contributed by atoms with van der Waals surface area (Å²) in [5.41, 5.74) is 0. The molecule has 0 saturated carbocycles. The van der Waals surface area contributed by atoms with Crippen LogP contribution >= 0.6 is 11.6 Å². The van der Waals surface area contributed by atoms with Crippen LogP contribution in [-0.2, 0) is 9.53 Å². The van der Waals surface area contributed by atoms with Crippen molar-refractivity contribution >= 4 is 25.6 Å². The van der Waals surface area contributed by atoms with Gasteiger partial charge in [-0.25, -0.2) is 0 Å². The zero-order valence-corrected chi connectivity index (χ0v) is 14.4. The number of hydrogen-bond acceptors (Lipinski definition) is 3. The molecule has 1 aliphatic rings. The number of halogens is 1. The number of rotatable bonds is 7. The third-order valence-electron chi connectivity index (χ3n) is 3.18. The number of aliphatic hydroxyl groups excluding tert-OH is 1. The van der Waals surface area contributed by atoms with Gasteiger partial charge in [0, 0.05) is 26.8 Å². The highest BCUT2D eigenvalue weighted by atomic mass is 35.5. The fourth-order valence-corrected chi connectivity index (χ4v) is 4.80. The molecule has 1 rings (SSSR count). The van der Waals surface area contributed by atoms with E-state index >= 15 is 0 Å². The molecule has 114 valence electrons. The van der Waals surface area contributed by atoms with Gasteiger partial charge in [0.2, 0.25) is 0 Å². The van der Waals surface area contributed by atoms with E-state index in [0.717, 1.165) is 6.04 Å². The maximum atomic E-state index is 11.8. The highest BCUT2D eigenvalue weighted by Gasteiger charge is 2.50. The van der Waals surface area contributed by atoms with Gasteiger partial charge in [-0.2, -0.15) is 0 Å². The summed E-state index contributed by atoms with van der Waals surface area (Å²) in [6.45, 7) is 10.7. The Balaban J connectivity index is 2.78. The largest absolute Gasteiger partial charge is 0.387 e. The van der Waals surface area contributed by atoms with Gasteiger partial charge < -0.3 is 14.7 Å². The number of carbonyl (C=O) groups is 1. The van der Waals surface area contributed by atoms with Crippen molar-refractivity contribution in [3.05, 3.63) is 23.8 Å². The molecule has 20 heavy (non-hydrogen) atoms. The highest BCUT2D eigenvalue weighted by molar-refractivity contribution is 6.77. The van der Waals surface area contributed by atoms with E-state index in [1.54, 1.807) is 17.1 Å². The number of β-lactam (4-membered cyclic amide) rings is 1. The molecule has 6 heteroatoms. The van der Waals surface area contributed by atoms with Crippen LogP contribution in [0.15, 0.2) is 23.8 Å². The first-order valence-electron chi connectivity index (χ1n) is 6.69. The molecule has 1 amide bonds. The van der Waals surface area contributed by atoms with Crippen LogP contribution in [0.1, 0.15) is 0 Å². The van der Waals surface area contributed by atoms with Crippen molar-refractivity contribution in [3.8, 4) is 0 Å². The van der Waals surface area contributed by atoms with Crippen LogP contribution in [0, 0.1) is 0 Å². The number of likely N-dealkylation sites (tertiary alicyclic amines) is 1. The second kappa shape index (κ2) is 6.89. The molecule has 0 unspecified atom stereocenters. The molecule has 0 spiro atoms. The van der Waals surface area contributed by atoms with Crippen LogP contribution < -0.4 is 0 Å². The maximum Gasteiger partial charge on any atom is 0.254 e. The highest BCUT2D eigenvalue weighted by Crippen LogP contribution is 2.28. The van der Waals surface area contributed by atoms with Gasteiger partial charge in [-0.15, -0.1) is 6.58 Å².